The van der Waals surface area contributed by atoms with Gasteiger partial charge in [0, 0.05) is 6.07 Å². The number of rotatable bonds is 2. The normalized spacial score (nSPS) is 10.4. The van der Waals surface area contributed by atoms with Crippen LogP contribution in [0, 0.1) is 0 Å². The number of nitrogens with zero attached hydrogens (tertiary/aromatic N) is 1. The number of hydrogen-bond acceptors (Lipinski definition) is 2. The molecule has 1 aromatic rings. The molecule has 0 aromatic heterocycles. The maximum absolute atomic E-state index is 11.3. The van der Waals surface area contributed by atoms with Crippen LogP contribution < -0.4 is 28.5 Å². The van der Waals surface area contributed by atoms with Gasteiger partial charge in [0.25, 0.3) is 0 Å². The number of ether oxygens (including phenoxy) is 1. The Kier molecular flexibility index (Phi) is 5.23. The predicted octanol–water partition coefficient (Wildman–Crippen LogP) is -1.33. The molecule has 0 atom stereocenters. The Bertz CT molecular complexity index is 345. The standard InChI is InChI=1S/C11H16NO2.HI/c1-12(2,3)10-7-5-6-9(8-10)11(13)14-4;/h5-8H,1-4H3;1H/q+1;/p-1. The molecule has 0 heterocycles. The number of benzene rings is 1. The number of carbonyl (C=O) groups excluding carboxylic acids is 1. The summed E-state index contributed by atoms with van der Waals surface area (Å²) in [5, 5.41) is 0. The van der Waals surface area contributed by atoms with Gasteiger partial charge in [-0.1, -0.05) is 6.07 Å². The van der Waals surface area contributed by atoms with Crippen LogP contribution in [0.3, 0.4) is 0 Å². The van der Waals surface area contributed by atoms with E-state index in [1.54, 1.807) is 6.07 Å². The molecule has 0 N–H and O–H groups in total. The van der Waals surface area contributed by atoms with Crippen molar-refractivity contribution in [1.82, 2.24) is 4.48 Å². The highest BCUT2D eigenvalue weighted by atomic mass is 127. The number of hydrogen-bond donors (Lipinski definition) is 0. The van der Waals surface area contributed by atoms with E-state index in [9.17, 15) is 4.79 Å². The fourth-order valence-corrected chi connectivity index (χ4v) is 1.17. The Morgan fingerprint density at radius 3 is 2.33 bits per heavy atom. The predicted molar refractivity (Wildman–Crippen MR) is 57.3 cm³/mol. The highest BCUT2D eigenvalue weighted by Gasteiger charge is 2.14. The van der Waals surface area contributed by atoms with Crippen molar-refractivity contribution < 1.29 is 33.5 Å². The van der Waals surface area contributed by atoms with Crippen molar-refractivity contribution in [2.75, 3.05) is 28.3 Å². The van der Waals surface area contributed by atoms with E-state index < -0.39 is 0 Å². The third-order valence-electron chi connectivity index (χ3n) is 2.04. The van der Waals surface area contributed by atoms with Crippen molar-refractivity contribution >= 4 is 11.7 Å². The van der Waals surface area contributed by atoms with E-state index in [-0.39, 0.29) is 29.9 Å². The SMILES string of the molecule is COC(=O)c1cccc([N+](C)(C)C)c1.[I-]. The highest BCUT2D eigenvalue weighted by molar-refractivity contribution is 5.90. The lowest BCUT2D eigenvalue weighted by Gasteiger charge is -2.23. The van der Waals surface area contributed by atoms with E-state index in [2.05, 4.69) is 25.9 Å². The van der Waals surface area contributed by atoms with E-state index in [4.69, 9.17) is 0 Å². The van der Waals surface area contributed by atoms with Crippen molar-refractivity contribution in [1.29, 1.82) is 0 Å². The number of quaternary nitrogens is 1. The van der Waals surface area contributed by atoms with E-state index in [1.807, 2.05) is 18.2 Å². The molecule has 15 heavy (non-hydrogen) atoms. The summed E-state index contributed by atoms with van der Waals surface area (Å²) in [4.78, 5) is 11.3. The molecule has 3 nitrogen and oxygen atoms in total. The first kappa shape index (κ1) is 14.4. The van der Waals surface area contributed by atoms with Crippen LogP contribution in [-0.2, 0) is 4.74 Å². The lowest BCUT2D eigenvalue weighted by atomic mass is 10.2. The number of halogens is 1. The Hall–Kier alpha value is -0.620. The number of esters is 1. The van der Waals surface area contributed by atoms with Crippen LogP contribution >= 0.6 is 0 Å². The zero-order valence-electron chi connectivity index (χ0n) is 9.45. The summed E-state index contributed by atoms with van der Waals surface area (Å²) in [5.41, 5.74) is 1.67. The molecule has 4 heteroatoms. The molecule has 0 bridgehead atoms. The van der Waals surface area contributed by atoms with E-state index in [0.717, 1.165) is 5.69 Å². The molecular weight excluding hydrogens is 305 g/mol. The van der Waals surface area contributed by atoms with Crippen molar-refractivity contribution in [3.05, 3.63) is 29.8 Å². The van der Waals surface area contributed by atoms with E-state index in [1.165, 1.54) is 7.11 Å². The first-order valence-corrected chi connectivity index (χ1v) is 4.45. The minimum Gasteiger partial charge on any atom is -1.00 e. The summed E-state index contributed by atoms with van der Waals surface area (Å²) in [6.45, 7) is 0. The average molecular weight is 321 g/mol. The smallest absolute Gasteiger partial charge is 0.338 e. The van der Waals surface area contributed by atoms with Crippen LogP contribution in [0.25, 0.3) is 0 Å². The summed E-state index contributed by atoms with van der Waals surface area (Å²) in [5.74, 6) is -0.291. The van der Waals surface area contributed by atoms with Gasteiger partial charge in [-0.2, -0.15) is 0 Å². The quantitative estimate of drug-likeness (QED) is 0.384. The van der Waals surface area contributed by atoms with Gasteiger partial charge in [0.15, 0.2) is 0 Å². The Labute approximate surface area is 108 Å². The molecule has 0 spiro atoms. The van der Waals surface area contributed by atoms with E-state index in [0.29, 0.717) is 10.0 Å². The maximum Gasteiger partial charge on any atom is 0.338 e. The summed E-state index contributed by atoms with van der Waals surface area (Å²) < 4.78 is 5.34. The molecule has 0 aliphatic carbocycles. The van der Waals surface area contributed by atoms with Gasteiger partial charge < -0.3 is 28.7 Å². The molecular formula is C11H16INO2. The summed E-state index contributed by atoms with van der Waals surface area (Å²) in [7, 11) is 7.55. The van der Waals surface area contributed by atoms with Crippen molar-refractivity contribution in [3.63, 3.8) is 0 Å². The molecule has 0 unspecified atom stereocenters. The van der Waals surface area contributed by atoms with Crippen LogP contribution in [0.1, 0.15) is 10.4 Å². The lowest BCUT2D eigenvalue weighted by Crippen LogP contribution is -3.00. The molecule has 0 aliphatic heterocycles. The first-order chi connectivity index (χ1) is 6.45. The number of methoxy groups -OCH3 is 1. The molecule has 0 radical (unpaired) electrons. The molecule has 1 rings (SSSR count). The second-order valence-corrected chi connectivity index (χ2v) is 4.05. The Morgan fingerprint density at radius 1 is 1.27 bits per heavy atom. The second-order valence-electron chi connectivity index (χ2n) is 4.05. The van der Waals surface area contributed by atoms with Gasteiger partial charge >= 0.3 is 5.97 Å². The third kappa shape index (κ3) is 3.79. The molecule has 1 aromatic carbocycles. The number of carbonyl (C=O) groups is 1. The van der Waals surface area contributed by atoms with Crippen LogP contribution in [0.2, 0.25) is 0 Å². The van der Waals surface area contributed by atoms with Gasteiger partial charge in [-0.25, -0.2) is 4.79 Å². The van der Waals surface area contributed by atoms with Gasteiger partial charge in [0.05, 0.1) is 33.8 Å². The summed E-state index contributed by atoms with van der Waals surface area (Å²) in [6.07, 6.45) is 0. The van der Waals surface area contributed by atoms with Crippen LogP contribution in [0.4, 0.5) is 5.69 Å². The van der Waals surface area contributed by atoms with Crippen LogP contribution in [0.5, 0.6) is 0 Å². The summed E-state index contributed by atoms with van der Waals surface area (Å²) >= 11 is 0. The Balaban J connectivity index is 0.00000196. The second kappa shape index (κ2) is 5.46. The van der Waals surface area contributed by atoms with Gasteiger partial charge in [-0.3, -0.25) is 4.48 Å². The van der Waals surface area contributed by atoms with Crippen molar-refractivity contribution in [2.45, 2.75) is 0 Å². The monoisotopic (exact) mass is 321 g/mol. The first-order valence-electron chi connectivity index (χ1n) is 4.45. The molecule has 0 amide bonds. The van der Waals surface area contributed by atoms with Crippen molar-refractivity contribution in [2.24, 2.45) is 0 Å². The largest absolute Gasteiger partial charge is 1.00 e. The van der Waals surface area contributed by atoms with Crippen molar-refractivity contribution in [3.8, 4) is 0 Å². The van der Waals surface area contributed by atoms with Gasteiger partial charge in [-0.05, 0) is 12.1 Å². The topological polar surface area (TPSA) is 26.3 Å². The fraction of sp³-hybridized carbons (Fsp3) is 0.364. The van der Waals surface area contributed by atoms with E-state index >= 15 is 0 Å². The zero-order valence-corrected chi connectivity index (χ0v) is 11.6. The molecule has 0 aliphatic rings. The minimum atomic E-state index is -0.291. The Morgan fingerprint density at radius 2 is 1.87 bits per heavy atom. The van der Waals surface area contributed by atoms with Gasteiger partial charge in [0.2, 0.25) is 0 Å². The molecule has 84 valence electrons. The third-order valence-corrected chi connectivity index (χ3v) is 2.04. The molecule has 0 saturated carbocycles. The highest BCUT2D eigenvalue weighted by Crippen LogP contribution is 2.18. The lowest BCUT2D eigenvalue weighted by molar-refractivity contribution is -0.0000178. The molecule has 0 fully saturated rings. The average Bonchev–Trinajstić information content (AvgIpc) is 2.15. The van der Waals surface area contributed by atoms with Gasteiger partial charge in [-0.15, -0.1) is 0 Å². The maximum atomic E-state index is 11.3. The van der Waals surface area contributed by atoms with Crippen LogP contribution in [-0.4, -0.2) is 34.2 Å². The van der Waals surface area contributed by atoms with Gasteiger partial charge in [0.1, 0.15) is 5.69 Å². The minimum absolute atomic E-state index is 0. The fourth-order valence-electron chi connectivity index (χ4n) is 1.17. The molecule has 0 saturated heterocycles. The zero-order chi connectivity index (χ0) is 10.8. The van der Waals surface area contributed by atoms with Crippen LogP contribution in [0.15, 0.2) is 24.3 Å². The summed E-state index contributed by atoms with van der Waals surface area (Å²) in [6, 6.07) is 7.47.